The Kier molecular flexibility index (Phi) is 56.8. The molecular formula is C95H151N2O22P. The Morgan fingerprint density at radius 1 is 0.400 bits per heavy atom. The maximum atomic E-state index is 11.8. The van der Waals surface area contributed by atoms with Crippen LogP contribution in [-0.2, 0) is 92.0 Å². The molecule has 678 valence electrons. The number of carbonyl (C=O) groups is 12. The molecule has 2 fully saturated rings. The third kappa shape index (κ3) is 44.5. The van der Waals surface area contributed by atoms with Crippen molar-refractivity contribution >= 4 is 92.0 Å². The van der Waals surface area contributed by atoms with Gasteiger partial charge in [0.15, 0.2) is 0 Å². The number of rotatable bonds is 30. The summed E-state index contributed by atoms with van der Waals surface area (Å²) in [6.07, 6.45) is 7.25. The summed E-state index contributed by atoms with van der Waals surface area (Å²) in [6.45, 7) is 56.9. The summed E-state index contributed by atoms with van der Waals surface area (Å²) >= 11 is 0. The minimum Gasteiger partial charge on any atom is -0.481 e. The van der Waals surface area contributed by atoms with Gasteiger partial charge in [-0.15, -0.1) is 0 Å². The first-order chi connectivity index (χ1) is 55.4. The van der Waals surface area contributed by atoms with Crippen molar-refractivity contribution in [3.63, 3.8) is 0 Å². The minimum atomic E-state index is -1.05. The number of imide groups is 2. The minimum absolute atomic E-state index is 0.0128. The molecule has 0 spiro atoms. The summed E-state index contributed by atoms with van der Waals surface area (Å²) in [5.74, 6) is -5.30. The monoisotopic (exact) mass is 1700 g/mol. The number of aliphatic hydroxyl groups is 2. The van der Waals surface area contributed by atoms with E-state index < -0.39 is 51.6 Å². The molecule has 4 aromatic rings. The van der Waals surface area contributed by atoms with Gasteiger partial charge in [0.1, 0.15) is 38.9 Å². The summed E-state index contributed by atoms with van der Waals surface area (Å²) in [5.41, 5.74) is 2.04. The van der Waals surface area contributed by atoms with Crippen LogP contribution in [0.4, 0.5) is 11.4 Å². The number of aliphatic carboxylic acids is 3. The first kappa shape index (κ1) is 117. The van der Waals surface area contributed by atoms with Crippen LogP contribution in [0.1, 0.15) is 269 Å². The van der Waals surface area contributed by atoms with E-state index in [1.54, 1.807) is 113 Å². The summed E-state index contributed by atoms with van der Waals surface area (Å²) in [5, 5.41) is 42.6. The predicted octanol–water partition coefficient (Wildman–Crippen LogP) is 19.1. The molecule has 4 amide bonds. The topological polar surface area (TPSA) is 359 Å². The molecule has 2 saturated heterocycles. The number of carbonyl (C=O) groups excluding carboxylic acids is 9. The lowest BCUT2D eigenvalue weighted by atomic mass is 9.82. The molecule has 0 aromatic heterocycles. The second-order valence-electron chi connectivity index (χ2n) is 34.3. The van der Waals surface area contributed by atoms with E-state index in [0.717, 1.165) is 12.8 Å². The van der Waals surface area contributed by atoms with Gasteiger partial charge in [0.2, 0.25) is 23.6 Å². The van der Waals surface area contributed by atoms with Gasteiger partial charge in [-0.2, -0.15) is 0 Å². The maximum Gasteiger partial charge on any atom is 0.311 e. The van der Waals surface area contributed by atoms with Crippen LogP contribution in [0.3, 0.4) is 0 Å². The van der Waals surface area contributed by atoms with E-state index in [1.807, 2.05) is 106 Å². The third-order valence-corrected chi connectivity index (χ3v) is 22.0. The van der Waals surface area contributed by atoms with E-state index in [-0.39, 0.29) is 121 Å². The Morgan fingerprint density at radius 3 is 0.908 bits per heavy atom. The summed E-state index contributed by atoms with van der Waals surface area (Å²) in [4.78, 5) is 137. The zero-order valence-electron chi connectivity index (χ0n) is 77.7. The molecule has 2 aliphatic rings. The molecule has 2 heterocycles. The van der Waals surface area contributed by atoms with Gasteiger partial charge in [0.05, 0.1) is 63.3 Å². The Morgan fingerprint density at radius 2 is 0.667 bits per heavy atom. The van der Waals surface area contributed by atoms with Crippen LogP contribution in [0.25, 0.3) is 0 Å². The van der Waals surface area contributed by atoms with Gasteiger partial charge in [-0.25, -0.2) is 0 Å². The molecule has 0 aliphatic carbocycles. The van der Waals surface area contributed by atoms with Crippen LogP contribution in [0, 0.1) is 56.2 Å². The highest BCUT2D eigenvalue weighted by molar-refractivity contribution is 7.16. The number of hydrogen-bond acceptors (Lipinski definition) is 19. The molecule has 2 aliphatic heterocycles. The average molecular weight is 1700 g/mol. The Labute approximate surface area is 720 Å². The number of para-hydroxylation sites is 2. The highest BCUT2D eigenvalue weighted by Crippen LogP contribution is 2.33. The zero-order chi connectivity index (χ0) is 94.0. The standard InChI is InChI=1S/2C12H13NO2.C12H20O6.2C11H16.C9H18O4.C9H16O2.C7H15O2P.2C6H12O2/c2*1-8-9(2)12(15)13(11(8)14)10-6-4-3-5-7-10;1-4-12(2,3)11(16)18-8-7-17-10(15)6-5-9(13)14;2*1-4-11(2,3)10-8-6-5-7-9-10;1-4-9(2,3)8(12)13-6-7(11)5-10;1-5-7-11-8(10)9(3,4)6-2;1-4-7(2,3)6(8)9-5-10;2*1-4-6(2,3)5(7)8/h2*3-9H,1-2H3;4-8H2,1-3H3,(H,13,14);2*5-9H,4H2,1-3H3;7,10-11H,4-6H2,1-3H3;5H,1,6-7H2,2-4H3;4-5,10H2,1-3H3;2*4H2,1-3H3,(H,7,8). The Balaban J connectivity index is -0.000000629. The van der Waals surface area contributed by atoms with Crippen LogP contribution in [0.2, 0.25) is 0 Å². The number of anilines is 2. The fraction of sp³-hybridized carbons (Fsp3) is 0.600. The van der Waals surface area contributed by atoms with Gasteiger partial charge in [-0.3, -0.25) is 67.3 Å². The fourth-order valence-corrected chi connectivity index (χ4v) is 8.56. The lowest BCUT2D eigenvalue weighted by Crippen LogP contribution is -2.30. The van der Waals surface area contributed by atoms with E-state index >= 15 is 0 Å². The Hall–Kier alpha value is -8.99. The SMILES string of the molecule is C=CCOC(=O)C(C)(C)CC.CC1C(=O)N(c2ccccc2)C(=O)C1C.CC1C(=O)N(c2ccccc2)C(=O)C1C.CCC(C)(C)C(=O)O.CCC(C)(C)C(=O)O.CCC(C)(C)C(=O)OCC(O)CO.CCC(C)(C)C(=O)OCCOC(=O)CCC(=O)O.CCC(C)(C)C(=O)OCP.CCC(C)(C)c1ccccc1.CCC(C)(C)c1ccccc1. The molecule has 6 unspecified atom stereocenters. The number of carboxylic acids is 3. The smallest absolute Gasteiger partial charge is 0.311 e. The van der Waals surface area contributed by atoms with E-state index in [1.165, 1.54) is 33.8 Å². The van der Waals surface area contributed by atoms with Crippen molar-refractivity contribution in [3.05, 3.63) is 145 Å². The number of benzene rings is 4. The molecular weight excluding hydrogens is 1550 g/mol. The number of ether oxygens (including phenoxy) is 5. The van der Waals surface area contributed by atoms with Gasteiger partial charge < -0.3 is 49.2 Å². The zero-order valence-corrected chi connectivity index (χ0v) is 78.8. The molecule has 4 aromatic carbocycles. The molecule has 5 N–H and O–H groups in total. The normalized spacial score (nSPS) is 15.2. The van der Waals surface area contributed by atoms with E-state index in [0.29, 0.717) is 60.8 Å². The highest BCUT2D eigenvalue weighted by atomic mass is 31.0. The summed E-state index contributed by atoms with van der Waals surface area (Å²) < 4.78 is 24.2. The first-order valence-electron chi connectivity index (χ1n) is 41.5. The number of carboxylic acid groups (broad SMARTS) is 3. The molecule has 0 radical (unpaired) electrons. The molecule has 6 atom stereocenters. The van der Waals surface area contributed by atoms with Crippen LogP contribution in [0.5, 0.6) is 0 Å². The van der Waals surface area contributed by atoms with E-state index in [2.05, 4.69) is 118 Å². The predicted molar refractivity (Wildman–Crippen MR) is 478 cm³/mol. The van der Waals surface area contributed by atoms with Gasteiger partial charge in [-0.1, -0.05) is 230 Å². The van der Waals surface area contributed by atoms with E-state index in [9.17, 15) is 57.5 Å². The third-order valence-electron chi connectivity index (χ3n) is 21.8. The largest absolute Gasteiger partial charge is 0.481 e. The fourth-order valence-electron chi connectivity index (χ4n) is 8.40. The molecule has 25 heteroatoms. The quantitative estimate of drug-likeness (QED) is 0.00808. The van der Waals surface area contributed by atoms with Crippen molar-refractivity contribution in [3.8, 4) is 0 Å². The lowest BCUT2D eigenvalue weighted by Gasteiger charge is -2.22. The average Bonchev–Trinajstić information content (AvgIpc) is 1.65. The van der Waals surface area contributed by atoms with Gasteiger partial charge in [0, 0.05) is 23.7 Å². The number of amides is 4. The van der Waals surface area contributed by atoms with Crippen LogP contribution in [0.15, 0.2) is 134 Å². The second kappa shape index (κ2) is 58.1. The van der Waals surface area contributed by atoms with Crippen molar-refractivity contribution in [2.75, 3.05) is 49.2 Å². The molecule has 0 bridgehead atoms. The van der Waals surface area contributed by atoms with Crippen LogP contribution >= 0.6 is 9.24 Å². The molecule has 6 rings (SSSR count). The highest BCUT2D eigenvalue weighted by Gasteiger charge is 2.44. The number of nitrogens with zero attached hydrogens (tertiary/aromatic N) is 2. The van der Waals surface area contributed by atoms with Gasteiger partial charge in [0.25, 0.3) is 0 Å². The first-order valence-corrected chi connectivity index (χ1v) is 42.3. The van der Waals surface area contributed by atoms with Crippen LogP contribution < -0.4 is 9.80 Å². The molecule has 24 nitrogen and oxygen atoms in total. The van der Waals surface area contributed by atoms with Crippen LogP contribution in [-0.4, -0.2) is 142 Å². The number of aliphatic hydroxyl groups excluding tert-OH is 2. The summed E-state index contributed by atoms with van der Waals surface area (Å²) in [7, 11) is 2.36. The van der Waals surface area contributed by atoms with Gasteiger partial charge >= 0.3 is 47.8 Å². The number of hydrogen-bond donors (Lipinski definition) is 5. The van der Waals surface area contributed by atoms with Crippen molar-refractivity contribution in [2.45, 2.75) is 275 Å². The lowest BCUT2D eigenvalue weighted by molar-refractivity contribution is -0.159. The van der Waals surface area contributed by atoms with Crippen molar-refractivity contribution < 1.29 is 107 Å². The second-order valence-corrected chi connectivity index (χ2v) is 34.6. The Bertz CT molecular complexity index is 3510. The summed E-state index contributed by atoms with van der Waals surface area (Å²) in [6, 6.07) is 39.5. The molecule has 120 heavy (non-hydrogen) atoms. The van der Waals surface area contributed by atoms with E-state index in [4.69, 9.17) is 49.2 Å². The van der Waals surface area contributed by atoms with Gasteiger partial charge in [-0.05, 0) is 181 Å². The van der Waals surface area contributed by atoms with Crippen molar-refractivity contribution in [2.24, 2.45) is 56.2 Å². The molecule has 0 saturated carbocycles. The van der Waals surface area contributed by atoms with Crippen molar-refractivity contribution in [1.82, 2.24) is 0 Å². The van der Waals surface area contributed by atoms with Crippen molar-refractivity contribution in [1.29, 1.82) is 0 Å². The maximum absolute atomic E-state index is 11.8. The number of esters is 5.